The fraction of sp³-hybridized carbons (Fsp3) is 0.500. The number of H-pyrrole nitrogens is 1. The summed E-state index contributed by atoms with van der Waals surface area (Å²) in [6.45, 7) is 0.694. The molecule has 2 rings (SSSR count). The van der Waals surface area contributed by atoms with Crippen molar-refractivity contribution in [3.63, 3.8) is 0 Å². The van der Waals surface area contributed by atoms with Crippen LogP contribution in [-0.2, 0) is 19.3 Å². The minimum Gasteiger partial charge on any atom is -0.307 e. The molecule has 2 N–H and O–H groups in total. The molecule has 0 saturated carbocycles. The average Bonchev–Trinajstić information content (AvgIpc) is 2.37. The van der Waals surface area contributed by atoms with Crippen molar-refractivity contribution in [2.45, 2.75) is 19.3 Å². The molecule has 7 heteroatoms. The summed E-state index contributed by atoms with van der Waals surface area (Å²) in [6.07, 6.45) is -4.34. The smallest absolute Gasteiger partial charge is 0.307 e. The number of aromatic nitrogens is 2. The second kappa shape index (κ2) is 3.19. The van der Waals surface area contributed by atoms with Gasteiger partial charge in [-0.15, -0.1) is 12.4 Å². The molecule has 0 aliphatic carbocycles. The zero-order valence-electron chi connectivity index (χ0n) is 6.40. The Hall–Kier alpha value is -0.750. The number of halogens is 4. The van der Waals surface area contributed by atoms with Crippen molar-refractivity contribution >= 4 is 12.4 Å². The summed E-state index contributed by atoms with van der Waals surface area (Å²) in [5.41, 5.74) is 0.00678. The molecule has 0 atom stereocenters. The van der Waals surface area contributed by atoms with Crippen molar-refractivity contribution in [1.29, 1.82) is 0 Å². The van der Waals surface area contributed by atoms with Crippen LogP contribution in [0.2, 0.25) is 0 Å². The summed E-state index contributed by atoms with van der Waals surface area (Å²) in [6, 6.07) is 0. The standard InChI is InChI=1S/C6H6F3N3.ClH/c7-6(8,9)5-3-1-10-2-4(3)11-12-5;/h10H,1-2H2,(H,11,12);1H. The van der Waals surface area contributed by atoms with Crippen LogP contribution in [0.3, 0.4) is 0 Å². The molecule has 0 radical (unpaired) electrons. The fourth-order valence-electron chi connectivity index (χ4n) is 1.28. The summed E-state index contributed by atoms with van der Waals surface area (Å²) >= 11 is 0. The topological polar surface area (TPSA) is 40.7 Å². The summed E-state index contributed by atoms with van der Waals surface area (Å²) in [5, 5.41) is 8.39. The molecule has 1 aromatic heterocycles. The largest absolute Gasteiger partial charge is 0.435 e. The van der Waals surface area contributed by atoms with Gasteiger partial charge in [0, 0.05) is 18.7 Å². The van der Waals surface area contributed by atoms with Crippen LogP contribution in [0, 0.1) is 0 Å². The van der Waals surface area contributed by atoms with E-state index in [1.54, 1.807) is 0 Å². The second-order valence-electron chi connectivity index (χ2n) is 2.63. The van der Waals surface area contributed by atoms with Gasteiger partial charge in [0.1, 0.15) is 0 Å². The Labute approximate surface area is 78.1 Å². The minimum atomic E-state index is -4.34. The molecule has 0 unspecified atom stereocenters. The molecule has 3 nitrogen and oxygen atoms in total. The fourth-order valence-corrected chi connectivity index (χ4v) is 1.28. The van der Waals surface area contributed by atoms with E-state index < -0.39 is 11.9 Å². The molecule has 0 amide bonds. The Morgan fingerprint density at radius 2 is 1.92 bits per heavy atom. The first kappa shape index (κ1) is 10.3. The summed E-state index contributed by atoms with van der Waals surface area (Å²) in [4.78, 5) is 0. The maximum Gasteiger partial charge on any atom is 0.435 e. The number of nitrogens with zero attached hydrogens (tertiary/aromatic N) is 1. The number of aromatic amines is 1. The lowest BCUT2D eigenvalue weighted by atomic mass is 10.2. The summed E-state index contributed by atoms with van der Waals surface area (Å²) in [7, 11) is 0. The molecule has 0 saturated heterocycles. The van der Waals surface area contributed by atoms with Gasteiger partial charge in [-0.2, -0.15) is 18.3 Å². The number of alkyl halides is 3. The maximum absolute atomic E-state index is 12.2. The number of hydrogen-bond donors (Lipinski definition) is 2. The molecule has 0 fully saturated rings. The second-order valence-corrected chi connectivity index (χ2v) is 2.63. The molecule has 74 valence electrons. The Kier molecular flexibility index (Phi) is 2.53. The van der Waals surface area contributed by atoms with E-state index in [2.05, 4.69) is 15.5 Å². The molecular formula is C6H7ClF3N3. The third-order valence-electron chi connectivity index (χ3n) is 1.82. The summed E-state index contributed by atoms with van der Waals surface area (Å²) < 4.78 is 36.5. The molecule has 2 heterocycles. The SMILES string of the molecule is Cl.FC(F)(F)c1n[nH]c2c1CNC2. The molecule has 0 aromatic carbocycles. The van der Waals surface area contributed by atoms with Crippen molar-refractivity contribution in [3.05, 3.63) is 17.0 Å². The highest BCUT2D eigenvalue weighted by atomic mass is 35.5. The van der Waals surface area contributed by atoms with Crippen LogP contribution in [-0.4, -0.2) is 10.2 Å². The van der Waals surface area contributed by atoms with E-state index in [1.807, 2.05) is 0 Å². The Morgan fingerprint density at radius 3 is 2.54 bits per heavy atom. The van der Waals surface area contributed by atoms with Gasteiger partial charge in [-0.1, -0.05) is 0 Å². The number of nitrogens with one attached hydrogen (secondary N) is 2. The molecular weight excluding hydrogens is 207 g/mol. The van der Waals surface area contributed by atoms with Gasteiger partial charge in [-0.05, 0) is 0 Å². The molecule has 0 spiro atoms. The van der Waals surface area contributed by atoms with Gasteiger partial charge in [0.2, 0.25) is 0 Å². The third kappa shape index (κ3) is 1.64. The molecule has 1 aliphatic heterocycles. The minimum absolute atomic E-state index is 0. The number of fused-ring (bicyclic) bond motifs is 1. The van der Waals surface area contributed by atoms with E-state index in [0.29, 0.717) is 12.2 Å². The van der Waals surface area contributed by atoms with Gasteiger partial charge in [0.25, 0.3) is 0 Å². The van der Waals surface area contributed by atoms with E-state index >= 15 is 0 Å². The molecule has 0 bridgehead atoms. The van der Waals surface area contributed by atoms with E-state index in [4.69, 9.17) is 0 Å². The van der Waals surface area contributed by atoms with Crippen LogP contribution in [0.25, 0.3) is 0 Å². The first-order valence-corrected chi connectivity index (χ1v) is 3.43. The van der Waals surface area contributed by atoms with Gasteiger partial charge in [0.05, 0.1) is 5.69 Å². The van der Waals surface area contributed by atoms with Gasteiger partial charge in [-0.3, -0.25) is 5.10 Å². The van der Waals surface area contributed by atoms with Gasteiger partial charge < -0.3 is 5.32 Å². The lowest BCUT2D eigenvalue weighted by molar-refractivity contribution is -0.141. The van der Waals surface area contributed by atoms with Crippen LogP contribution < -0.4 is 5.32 Å². The lowest BCUT2D eigenvalue weighted by Crippen LogP contribution is -2.11. The molecule has 1 aliphatic rings. The van der Waals surface area contributed by atoms with Crippen molar-refractivity contribution in [1.82, 2.24) is 15.5 Å². The molecule has 1 aromatic rings. The normalized spacial score (nSPS) is 15.3. The summed E-state index contributed by atoms with van der Waals surface area (Å²) in [5.74, 6) is 0. The first-order valence-electron chi connectivity index (χ1n) is 3.43. The zero-order valence-corrected chi connectivity index (χ0v) is 7.22. The van der Waals surface area contributed by atoms with Gasteiger partial charge >= 0.3 is 6.18 Å². The number of rotatable bonds is 0. The first-order chi connectivity index (χ1) is 5.59. The lowest BCUT2D eigenvalue weighted by Gasteiger charge is -2.02. The van der Waals surface area contributed by atoms with E-state index in [0.717, 1.165) is 0 Å². The highest BCUT2D eigenvalue weighted by Crippen LogP contribution is 2.32. The van der Waals surface area contributed by atoms with Crippen LogP contribution >= 0.6 is 12.4 Å². The van der Waals surface area contributed by atoms with Crippen molar-refractivity contribution in [2.24, 2.45) is 0 Å². The predicted molar refractivity (Wildman–Crippen MR) is 41.4 cm³/mol. The Bertz CT molecular complexity index is 307. The van der Waals surface area contributed by atoms with Gasteiger partial charge in [0.15, 0.2) is 5.69 Å². The Balaban J connectivity index is 0.000000845. The van der Waals surface area contributed by atoms with Crippen LogP contribution in [0.15, 0.2) is 0 Å². The van der Waals surface area contributed by atoms with Crippen LogP contribution in [0.5, 0.6) is 0 Å². The zero-order chi connectivity index (χ0) is 8.77. The van der Waals surface area contributed by atoms with E-state index in [1.165, 1.54) is 0 Å². The van der Waals surface area contributed by atoms with E-state index in [-0.39, 0.29) is 24.5 Å². The monoisotopic (exact) mass is 213 g/mol. The average molecular weight is 214 g/mol. The third-order valence-corrected chi connectivity index (χ3v) is 1.82. The van der Waals surface area contributed by atoms with Crippen LogP contribution in [0.4, 0.5) is 13.2 Å². The van der Waals surface area contributed by atoms with Crippen molar-refractivity contribution in [3.8, 4) is 0 Å². The maximum atomic E-state index is 12.2. The van der Waals surface area contributed by atoms with Crippen molar-refractivity contribution in [2.75, 3.05) is 0 Å². The van der Waals surface area contributed by atoms with Gasteiger partial charge in [-0.25, -0.2) is 0 Å². The highest BCUT2D eigenvalue weighted by molar-refractivity contribution is 5.85. The highest BCUT2D eigenvalue weighted by Gasteiger charge is 2.38. The van der Waals surface area contributed by atoms with E-state index in [9.17, 15) is 13.2 Å². The van der Waals surface area contributed by atoms with Crippen LogP contribution in [0.1, 0.15) is 17.0 Å². The Morgan fingerprint density at radius 1 is 1.23 bits per heavy atom. The quantitative estimate of drug-likeness (QED) is 0.685. The predicted octanol–water partition coefficient (Wildman–Crippen LogP) is 1.45. The molecule has 13 heavy (non-hydrogen) atoms. The van der Waals surface area contributed by atoms with Crippen molar-refractivity contribution < 1.29 is 13.2 Å². The number of hydrogen-bond acceptors (Lipinski definition) is 2.